The number of terminal acetylenes is 1. The lowest BCUT2D eigenvalue weighted by molar-refractivity contribution is -0.111. The molecule has 0 radical (unpaired) electrons. The van der Waals surface area contributed by atoms with Crippen LogP contribution < -0.4 is 10.6 Å². The maximum absolute atomic E-state index is 14.6. The molecule has 0 saturated carbocycles. The van der Waals surface area contributed by atoms with Gasteiger partial charge in [0.1, 0.15) is 5.65 Å². The molecule has 0 fully saturated rings. The van der Waals surface area contributed by atoms with Gasteiger partial charge in [-0.3, -0.25) is 14.0 Å². The third-order valence-corrected chi connectivity index (χ3v) is 4.40. The van der Waals surface area contributed by atoms with Gasteiger partial charge in [0.2, 0.25) is 5.95 Å². The van der Waals surface area contributed by atoms with Crippen molar-refractivity contribution in [1.29, 1.82) is 0 Å². The second kappa shape index (κ2) is 8.21. The quantitative estimate of drug-likeness (QED) is 0.406. The lowest BCUT2D eigenvalue weighted by atomic mass is 10.2. The zero-order valence-electron chi connectivity index (χ0n) is 16.4. The molecule has 1 amide bonds. The monoisotopic (exact) mass is 420 g/mol. The third-order valence-electron chi connectivity index (χ3n) is 4.40. The van der Waals surface area contributed by atoms with Crippen molar-refractivity contribution in [2.45, 2.75) is 13.5 Å². The predicted molar refractivity (Wildman–Crippen MR) is 111 cm³/mol. The molecule has 10 nitrogen and oxygen atoms in total. The van der Waals surface area contributed by atoms with Gasteiger partial charge in [0.25, 0.3) is 5.91 Å². The van der Waals surface area contributed by atoms with Crippen LogP contribution in [0, 0.1) is 25.1 Å². The minimum absolute atomic E-state index is 0.00580. The second-order valence-corrected chi connectivity index (χ2v) is 6.58. The Labute approximate surface area is 175 Å². The molecule has 0 aliphatic heterocycles. The van der Waals surface area contributed by atoms with Crippen molar-refractivity contribution in [3.63, 3.8) is 0 Å². The molecular weight excluding hydrogens is 403 g/mol. The number of rotatable bonds is 6. The molecule has 0 unspecified atom stereocenters. The second-order valence-electron chi connectivity index (χ2n) is 6.58. The number of aliphatic hydroxyl groups is 1. The van der Waals surface area contributed by atoms with E-state index in [9.17, 15) is 9.18 Å². The average molecular weight is 420 g/mol. The first kappa shape index (κ1) is 20.0. The van der Waals surface area contributed by atoms with Crippen molar-refractivity contribution in [2.75, 3.05) is 17.2 Å². The molecule has 0 bridgehead atoms. The highest BCUT2D eigenvalue weighted by atomic mass is 19.1. The summed E-state index contributed by atoms with van der Waals surface area (Å²) in [5.41, 5.74) is 2.28. The summed E-state index contributed by atoms with van der Waals surface area (Å²) < 4.78 is 17.7. The van der Waals surface area contributed by atoms with Crippen molar-refractivity contribution in [1.82, 2.24) is 29.3 Å². The summed E-state index contributed by atoms with van der Waals surface area (Å²) in [7, 11) is 0. The molecule has 3 N–H and O–H groups in total. The number of fused-ring (bicyclic) bond motifs is 1. The molecule has 0 aromatic carbocycles. The number of halogens is 1. The number of nitrogens with zero attached hydrogens (tertiary/aromatic N) is 6. The van der Waals surface area contributed by atoms with Crippen LogP contribution >= 0.6 is 0 Å². The third kappa shape index (κ3) is 4.05. The van der Waals surface area contributed by atoms with E-state index in [1.54, 1.807) is 29.3 Å². The molecule has 4 aromatic rings. The zero-order chi connectivity index (χ0) is 22.0. The van der Waals surface area contributed by atoms with Crippen molar-refractivity contribution in [2.24, 2.45) is 0 Å². The van der Waals surface area contributed by atoms with E-state index in [0.29, 0.717) is 29.0 Å². The minimum Gasteiger partial charge on any atom is -0.394 e. The van der Waals surface area contributed by atoms with Crippen LogP contribution in [0.15, 0.2) is 37.1 Å². The highest BCUT2D eigenvalue weighted by Gasteiger charge is 2.16. The van der Waals surface area contributed by atoms with Crippen molar-refractivity contribution < 1.29 is 14.3 Å². The number of aliphatic hydroxyl groups excluding tert-OH is 1. The Hall–Kier alpha value is -4.30. The Morgan fingerprint density at radius 2 is 2.10 bits per heavy atom. The molecule has 0 atom stereocenters. The van der Waals surface area contributed by atoms with E-state index in [2.05, 4.69) is 30.7 Å². The molecule has 4 aromatic heterocycles. The lowest BCUT2D eigenvalue weighted by Crippen LogP contribution is -2.08. The van der Waals surface area contributed by atoms with Gasteiger partial charge in [0, 0.05) is 17.8 Å². The molecule has 0 saturated heterocycles. The van der Waals surface area contributed by atoms with Crippen molar-refractivity contribution >= 4 is 34.3 Å². The van der Waals surface area contributed by atoms with Gasteiger partial charge in [-0.05, 0) is 24.5 Å². The normalized spacial score (nSPS) is 10.8. The number of hydrogen-bond acceptors (Lipinski definition) is 7. The molecule has 0 aliphatic rings. The molecule has 0 spiro atoms. The molecule has 156 valence electrons. The first-order valence-corrected chi connectivity index (χ1v) is 9.17. The summed E-state index contributed by atoms with van der Waals surface area (Å²) in [6.07, 6.45) is 12.5. The van der Waals surface area contributed by atoms with Gasteiger partial charge in [-0.2, -0.15) is 10.1 Å². The molecule has 4 rings (SSSR count). The maximum Gasteiger partial charge on any atom is 0.300 e. The number of anilines is 3. The van der Waals surface area contributed by atoms with E-state index in [4.69, 9.17) is 11.5 Å². The smallest absolute Gasteiger partial charge is 0.300 e. The number of nitrogens with one attached hydrogen (secondary N) is 2. The number of carbonyl (C=O) groups excluding carboxylic acids is 1. The van der Waals surface area contributed by atoms with Crippen molar-refractivity contribution in [3.05, 3.63) is 48.4 Å². The van der Waals surface area contributed by atoms with Crippen LogP contribution in [0.5, 0.6) is 0 Å². The number of amides is 1. The first-order chi connectivity index (χ1) is 15.0. The Morgan fingerprint density at radius 3 is 2.87 bits per heavy atom. The van der Waals surface area contributed by atoms with Gasteiger partial charge < -0.3 is 15.7 Å². The largest absolute Gasteiger partial charge is 0.394 e. The van der Waals surface area contributed by atoms with E-state index in [-0.39, 0.29) is 18.4 Å². The van der Waals surface area contributed by atoms with E-state index < -0.39 is 11.7 Å². The number of pyridine rings is 1. The van der Waals surface area contributed by atoms with Gasteiger partial charge in [0.05, 0.1) is 43.1 Å². The van der Waals surface area contributed by atoms with Gasteiger partial charge in [-0.15, -0.1) is 6.42 Å². The van der Waals surface area contributed by atoms with Crippen LogP contribution in [0.25, 0.3) is 16.9 Å². The number of carbonyl (C=O) groups is 1. The van der Waals surface area contributed by atoms with E-state index in [0.717, 1.165) is 11.8 Å². The molecule has 4 heterocycles. The summed E-state index contributed by atoms with van der Waals surface area (Å²) in [6.45, 7) is 2.14. The molecular formula is C20H17FN8O2. The fourth-order valence-corrected chi connectivity index (χ4v) is 3.03. The van der Waals surface area contributed by atoms with E-state index in [1.165, 1.54) is 10.8 Å². The van der Waals surface area contributed by atoms with Crippen LogP contribution in [0.3, 0.4) is 0 Å². The van der Waals surface area contributed by atoms with Gasteiger partial charge >= 0.3 is 0 Å². The Kier molecular flexibility index (Phi) is 5.30. The van der Waals surface area contributed by atoms with Crippen LogP contribution in [0.2, 0.25) is 0 Å². The van der Waals surface area contributed by atoms with Crippen molar-refractivity contribution in [3.8, 4) is 18.2 Å². The summed E-state index contributed by atoms with van der Waals surface area (Å²) >= 11 is 0. The first-order valence-electron chi connectivity index (χ1n) is 9.17. The van der Waals surface area contributed by atoms with Gasteiger partial charge in [0.15, 0.2) is 11.6 Å². The fraction of sp³-hybridized carbons (Fsp3) is 0.150. The minimum atomic E-state index is -0.634. The summed E-state index contributed by atoms with van der Waals surface area (Å²) in [6, 6.07) is 1.71. The molecule has 31 heavy (non-hydrogen) atoms. The Morgan fingerprint density at radius 1 is 1.26 bits per heavy atom. The highest BCUT2D eigenvalue weighted by molar-refractivity contribution is 6.04. The van der Waals surface area contributed by atoms with Crippen LogP contribution in [-0.4, -0.2) is 46.9 Å². The summed E-state index contributed by atoms with van der Waals surface area (Å²) in [5, 5.41) is 19.3. The lowest BCUT2D eigenvalue weighted by Gasteiger charge is -2.08. The fourth-order valence-electron chi connectivity index (χ4n) is 3.03. The van der Waals surface area contributed by atoms with E-state index in [1.807, 2.05) is 12.8 Å². The zero-order valence-corrected chi connectivity index (χ0v) is 16.4. The highest BCUT2D eigenvalue weighted by Crippen LogP contribution is 2.26. The molecule has 0 aliphatic carbocycles. The average Bonchev–Trinajstić information content (AvgIpc) is 3.33. The standard InChI is InChI=1S/C20H17FN8O2/c1-3-17(31)25-13-6-15-12(2)10-29(18(15)22-7-13)19-16(21)9-23-20(27-19)26-14-8-24-28(11-14)4-5-30/h1,6-11,30H,4-5H2,2H3,(H,25,31)(H,23,26,27). The Bertz CT molecular complexity index is 1320. The van der Waals surface area contributed by atoms with Crippen LogP contribution in [0.1, 0.15) is 5.56 Å². The van der Waals surface area contributed by atoms with Crippen LogP contribution in [0.4, 0.5) is 21.7 Å². The Balaban J connectivity index is 1.69. The topological polar surface area (TPSA) is 123 Å². The van der Waals surface area contributed by atoms with Gasteiger partial charge in [-0.25, -0.2) is 14.4 Å². The molecule has 11 heteroatoms. The maximum atomic E-state index is 14.6. The SMILES string of the molecule is C#CC(=O)Nc1cnc2c(c1)c(C)cn2-c1nc(Nc2cnn(CCO)c2)ncc1F. The predicted octanol–water partition coefficient (Wildman–Crippen LogP) is 1.77. The number of aryl methyl sites for hydroxylation is 1. The number of aromatic nitrogens is 6. The van der Waals surface area contributed by atoms with E-state index >= 15 is 0 Å². The number of hydrogen-bond donors (Lipinski definition) is 3. The van der Waals surface area contributed by atoms with Gasteiger partial charge in [-0.1, -0.05) is 0 Å². The van der Waals surface area contributed by atoms with Crippen LogP contribution in [-0.2, 0) is 11.3 Å². The summed E-state index contributed by atoms with van der Waals surface area (Å²) in [5.74, 6) is 0.925. The summed E-state index contributed by atoms with van der Waals surface area (Å²) in [4.78, 5) is 24.0.